The number of anilines is 1. The van der Waals surface area contributed by atoms with Gasteiger partial charge in [-0.1, -0.05) is 12.1 Å². The molecule has 0 bridgehead atoms. The number of benzene rings is 2. The van der Waals surface area contributed by atoms with Gasteiger partial charge in [0.2, 0.25) is 5.91 Å². The van der Waals surface area contributed by atoms with Gasteiger partial charge in [0, 0.05) is 25.3 Å². The van der Waals surface area contributed by atoms with Crippen molar-refractivity contribution in [2.24, 2.45) is 0 Å². The van der Waals surface area contributed by atoms with Crippen molar-refractivity contribution in [3.8, 4) is 17.0 Å². The molecule has 1 aromatic heterocycles. The fourth-order valence-electron chi connectivity index (χ4n) is 7.19. The minimum atomic E-state index is -0.960. The molecule has 16 nitrogen and oxygen atoms in total. The second-order valence-corrected chi connectivity index (χ2v) is 18.5. The molecule has 3 aliphatic rings. The number of aromatic amines is 1. The summed E-state index contributed by atoms with van der Waals surface area (Å²) in [7, 11) is 0. The average molecular weight is 847 g/mol. The Labute approximate surface area is 358 Å². The van der Waals surface area contributed by atoms with Crippen LogP contribution < -0.4 is 10.1 Å². The number of carboxylic acids is 1. The van der Waals surface area contributed by atoms with Crippen molar-refractivity contribution in [2.75, 3.05) is 25.0 Å². The van der Waals surface area contributed by atoms with Crippen molar-refractivity contribution in [1.82, 2.24) is 24.7 Å². The molecule has 3 N–H and O–H groups in total. The van der Waals surface area contributed by atoms with E-state index in [1.807, 2.05) is 90.1 Å². The fourth-order valence-corrected chi connectivity index (χ4v) is 7.19. The summed E-state index contributed by atoms with van der Waals surface area (Å²) in [4.78, 5) is 73.2. The van der Waals surface area contributed by atoms with Gasteiger partial charge in [0.25, 0.3) is 0 Å². The highest BCUT2D eigenvalue weighted by Crippen LogP contribution is 2.33. The van der Waals surface area contributed by atoms with Crippen molar-refractivity contribution < 1.29 is 48.0 Å². The first-order valence-corrected chi connectivity index (χ1v) is 21.0. The first-order valence-electron chi connectivity index (χ1n) is 21.0. The zero-order valence-corrected chi connectivity index (χ0v) is 36.9. The number of imidazole rings is 1. The van der Waals surface area contributed by atoms with E-state index >= 15 is 0 Å². The van der Waals surface area contributed by atoms with Crippen LogP contribution in [0.25, 0.3) is 11.3 Å². The summed E-state index contributed by atoms with van der Waals surface area (Å²) in [6.45, 7) is 18.3. The van der Waals surface area contributed by atoms with Crippen LogP contribution in [0.2, 0.25) is 0 Å². The zero-order chi connectivity index (χ0) is 44.7. The number of amides is 4. The van der Waals surface area contributed by atoms with E-state index in [4.69, 9.17) is 24.1 Å². The van der Waals surface area contributed by atoms with Crippen LogP contribution in [0.15, 0.2) is 54.7 Å². The molecule has 0 spiro atoms. The molecule has 0 saturated carbocycles. The number of ether oxygens (including phenoxy) is 4. The van der Waals surface area contributed by atoms with Crippen LogP contribution in [0.3, 0.4) is 0 Å². The molecule has 3 aliphatic heterocycles. The Kier molecular flexibility index (Phi) is 14.6. The van der Waals surface area contributed by atoms with Crippen LogP contribution in [0.1, 0.15) is 118 Å². The number of hydrogen-bond acceptors (Lipinski definition) is 10. The predicted octanol–water partition coefficient (Wildman–Crippen LogP) is 8.54. The Balaban J connectivity index is 0.000000396. The van der Waals surface area contributed by atoms with Gasteiger partial charge in [0.1, 0.15) is 47.1 Å². The molecule has 0 aliphatic carbocycles. The SMILES string of the molecule is CC(C)(C)OC(=O)N1CCC[C@H]1C(=O)Nc1ccc(COc2ccc(-c3cnc([C@@H]4CCCN4C(=O)OC(C)(C)C)[nH]3)cc2)cc1.CC(C)(C)OC(=O)N1CCC[C@H]1C(=O)O. The largest absolute Gasteiger partial charge is 0.489 e. The van der Waals surface area contributed by atoms with Crippen LogP contribution in [0, 0.1) is 0 Å². The lowest BCUT2D eigenvalue weighted by Crippen LogP contribution is -2.45. The van der Waals surface area contributed by atoms with E-state index in [0.717, 1.165) is 54.1 Å². The number of carboxylic acid groups (broad SMARTS) is 1. The molecule has 4 heterocycles. The summed E-state index contributed by atoms with van der Waals surface area (Å²) in [5, 5.41) is 11.8. The van der Waals surface area contributed by atoms with E-state index in [9.17, 15) is 24.0 Å². The minimum Gasteiger partial charge on any atom is -0.489 e. The van der Waals surface area contributed by atoms with Crippen LogP contribution in [0.4, 0.5) is 20.1 Å². The number of likely N-dealkylation sites (tertiary alicyclic amines) is 3. The molecule has 16 heteroatoms. The highest BCUT2D eigenvalue weighted by atomic mass is 16.6. The molecule has 0 radical (unpaired) electrons. The number of carbonyl (C=O) groups excluding carboxylic acids is 4. The molecular weight excluding hydrogens is 785 g/mol. The highest BCUT2D eigenvalue weighted by Gasteiger charge is 2.38. The number of nitrogens with one attached hydrogen (secondary N) is 2. The number of aliphatic carboxylic acids is 1. The van der Waals surface area contributed by atoms with E-state index in [0.29, 0.717) is 44.8 Å². The maximum atomic E-state index is 13.0. The summed E-state index contributed by atoms with van der Waals surface area (Å²) < 4.78 is 22.2. The molecule has 2 aromatic carbocycles. The van der Waals surface area contributed by atoms with Gasteiger partial charge in [-0.05, 0) is 148 Å². The molecule has 3 fully saturated rings. The van der Waals surface area contributed by atoms with Gasteiger partial charge in [0.05, 0.1) is 17.9 Å². The lowest BCUT2D eigenvalue weighted by atomic mass is 10.1. The van der Waals surface area contributed by atoms with E-state index in [2.05, 4.69) is 15.3 Å². The number of hydrogen-bond donors (Lipinski definition) is 3. The topological polar surface area (TPSA) is 193 Å². The standard InChI is InChI=1S/C35H45N5O6.C10H17NO4/c1-34(2,3)45-32(42)39-19-7-9-28(39)30-36-21-27(38-30)24-13-17-26(18-14-24)44-22-23-11-15-25(16-12-23)37-31(41)29-10-8-20-40(29)33(43)46-35(4,5)6;1-10(2,3)15-9(14)11-6-4-5-7(11)8(12)13/h11-18,21,28-29H,7-10,19-20,22H2,1-6H3,(H,36,38)(H,37,41);7H,4-6H2,1-3H3,(H,12,13)/t28-,29-;7-/m00/s1. The van der Waals surface area contributed by atoms with Crippen molar-refractivity contribution in [3.05, 3.63) is 66.1 Å². The van der Waals surface area contributed by atoms with Crippen molar-refractivity contribution in [3.63, 3.8) is 0 Å². The van der Waals surface area contributed by atoms with E-state index in [1.54, 1.807) is 31.9 Å². The number of nitrogens with zero attached hydrogens (tertiary/aromatic N) is 4. The van der Waals surface area contributed by atoms with Crippen molar-refractivity contribution in [2.45, 2.75) is 142 Å². The van der Waals surface area contributed by atoms with Gasteiger partial charge in [-0.15, -0.1) is 0 Å². The smallest absolute Gasteiger partial charge is 0.411 e. The van der Waals surface area contributed by atoms with E-state index in [-0.39, 0.29) is 18.0 Å². The second-order valence-electron chi connectivity index (χ2n) is 18.5. The first kappa shape index (κ1) is 46.3. The Morgan fingerprint density at radius 2 is 1.18 bits per heavy atom. The van der Waals surface area contributed by atoms with Gasteiger partial charge in [-0.3, -0.25) is 19.5 Å². The first-order chi connectivity index (χ1) is 28.6. The van der Waals surface area contributed by atoms with E-state index in [1.165, 1.54) is 9.80 Å². The fraction of sp³-hybridized carbons (Fsp3) is 0.556. The maximum Gasteiger partial charge on any atom is 0.411 e. The molecule has 61 heavy (non-hydrogen) atoms. The Bertz CT molecular complexity index is 2000. The van der Waals surface area contributed by atoms with Crippen molar-refractivity contribution >= 4 is 35.8 Å². The Morgan fingerprint density at radius 1 is 0.689 bits per heavy atom. The van der Waals surface area contributed by atoms with Gasteiger partial charge >= 0.3 is 24.2 Å². The highest BCUT2D eigenvalue weighted by molar-refractivity contribution is 5.97. The Morgan fingerprint density at radius 3 is 1.72 bits per heavy atom. The maximum absolute atomic E-state index is 13.0. The molecule has 3 saturated heterocycles. The minimum absolute atomic E-state index is 0.138. The van der Waals surface area contributed by atoms with Gasteiger partial charge < -0.3 is 34.4 Å². The number of aromatic nitrogens is 2. The van der Waals surface area contributed by atoms with Crippen LogP contribution >= 0.6 is 0 Å². The third-order valence-electron chi connectivity index (χ3n) is 9.93. The number of H-pyrrole nitrogens is 1. The van der Waals surface area contributed by atoms with Crippen molar-refractivity contribution in [1.29, 1.82) is 0 Å². The molecule has 3 atom stereocenters. The summed E-state index contributed by atoms with van der Waals surface area (Å²) in [6, 6.07) is 13.8. The second kappa shape index (κ2) is 19.3. The molecule has 6 rings (SSSR count). The van der Waals surface area contributed by atoms with E-state index < -0.39 is 47.0 Å². The number of rotatable bonds is 8. The monoisotopic (exact) mass is 846 g/mol. The van der Waals surface area contributed by atoms with Gasteiger partial charge in [-0.25, -0.2) is 24.2 Å². The third-order valence-corrected chi connectivity index (χ3v) is 9.93. The third kappa shape index (κ3) is 13.3. The van der Waals surface area contributed by atoms with Gasteiger partial charge in [-0.2, -0.15) is 0 Å². The molecule has 3 aromatic rings. The summed E-state index contributed by atoms with van der Waals surface area (Å²) in [6.07, 6.45) is 4.80. The molecule has 332 valence electrons. The van der Waals surface area contributed by atoms with Crippen LogP contribution in [-0.2, 0) is 30.4 Å². The predicted molar refractivity (Wildman–Crippen MR) is 228 cm³/mol. The summed E-state index contributed by atoms with van der Waals surface area (Å²) in [5.74, 6) is 0.289. The van der Waals surface area contributed by atoms with Gasteiger partial charge in [0.15, 0.2) is 0 Å². The van der Waals surface area contributed by atoms with Crippen LogP contribution in [0.5, 0.6) is 5.75 Å². The molecule has 4 amide bonds. The quantitative estimate of drug-likeness (QED) is 0.184. The lowest BCUT2D eigenvalue weighted by molar-refractivity contribution is -0.142. The summed E-state index contributed by atoms with van der Waals surface area (Å²) in [5.41, 5.74) is 1.67. The Hall–Kier alpha value is -5.80. The number of carbonyl (C=O) groups is 5. The van der Waals surface area contributed by atoms with Crippen LogP contribution in [-0.4, -0.2) is 108 Å². The zero-order valence-electron chi connectivity index (χ0n) is 36.9. The average Bonchev–Trinajstić information content (AvgIpc) is 4.00. The normalized spacial score (nSPS) is 19.2. The molecule has 0 unspecified atom stereocenters. The molecular formula is C45H62N6O10. The lowest BCUT2D eigenvalue weighted by Gasteiger charge is -2.28. The summed E-state index contributed by atoms with van der Waals surface area (Å²) >= 11 is 0.